The molecule has 57 heavy (non-hydrogen) atoms. The van der Waals surface area contributed by atoms with Gasteiger partial charge in [-0.3, -0.25) is 24.1 Å². The maximum atomic E-state index is 14.3. The van der Waals surface area contributed by atoms with E-state index < -0.39 is 34.3 Å². The Hall–Kier alpha value is -5.33. The number of ether oxygens (including phenoxy) is 2. The Bertz CT molecular complexity index is 2530. The fraction of sp³-hybridized carbons (Fsp3) is 0.304. The number of fused-ring (bicyclic) bond motifs is 2. The van der Waals surface area contributed by atoms with Gasteiger partial charge in [-0.1, -0.05) is 44.7 Å². The van der Waals surface area contributed by atoms with Crippen LogP contribution >= 0.6 is 0 Å². The molecule has 11 heteroatoms. The first-order valence-corrected chi connectivity index (χ1v) is 20.3. The average molecular weight is 787 g/mol. The Kier molecular flexibility index (Phi) is 10.6. The van der Waals surface area contributed by atoms with Gasteiger partial charge in [0.05, 0.1) is 47.4 Å². The maximum Gasteiger partial charge on any atom is 0.265 e. The number of anilines is 1. The second-order valence-corrected chi connectivity index (χ2v) is 17.0. The van der Waals surface area contributed by atoms with Crippen molar-refractivity contribution in [2.24, 2.45) is 5.92 Å². The molecule has 10 nitrogen and oxygen atoms in total. The molecule has 0 spiro atoms. The van der Waals surface area contributed by atoms with E-state index in [9.17, 15) is 23.4 Å². The zero-order valence-electron chi connectivity index (χ0n) is 33.2. The number of imide groups is 2. The lowest BCUT2D eigenvalue weighted by Crippen LogP contribution is -2.56. The van der Waals surface area contributed by atoms with Crippen molar-refractivity contribution >= 4 is 83.2 Å². The van der Waals surface area contributed by atoms with Crippen LogP contribution < -0.4 is 4.90 Å². The molecule has 3 unspecified atom stereocenters. The SMILES string of the molecule is C=CS(=O)c1ccc(N2C(=O)c3ccc4c5ccc6c7c(ccc(c8ccc(c3c48)C2=O)c75)C(=O)N(C(C)C(C)(C)OC(C)CC(C)C)C6=O)cc1.COCCO. The molecule has 2 aliphatic heterocycles. The highest BCUT2D eigenvalue weighted by Gasteiger charge is 2.43. The van der Waals surface area contributed by atoms with Crippen LogP contribution in [-0.2, 0) is 20.3 Å². The highest BCUT2D eigenvalue weighted by Crippen LogP contribution is 2.47. The van der Waals surface area contributed by atoms with E-state index in [4.69, 9.17) is 9.84 Å². The Labute approximate surface area is 333 Å². The van der Waals surface area contributed by atoms with Crippen molar-refractivity contribution in [3.05, 3.63) is 107 Å². The first kappa shape index (κ1) is 39.9. The molecule has 0 aromatic heterocycles. The molecule has 0 radical (unpaired) electrons. The number of hydrogen-bond donors (Lipinski definition) is 1. The molecule has 8 rings (SSSR count). The summed E-state index contributed by atoms with van der Waals surface area (Å²) in [5, 5.41) is 15.3. The van der Waals surface area contributed by atoms with Crippen LogP contribution in [0.25, 0.3) is 43.1 Å². The predicted octanol–water partition coefficient (Wildman–Crippen LogP) is 8.63. The molecular formula is C46H46N2O8S. The van der Waals surface area contributed by atoms with Gasteiger partial charge < -0.3 is 14.6 Å². The number of nitrogens with zero attached hydrogens (tertiary/aromatic N) is 2. The highest BCUT2D eigenvalue weighted by molar-refractivity contribution is 7.88. The van der Waals surface area contributed by atoms with Crippen molar-refractivity contribution in [3.63, 3.8) is 0 Å². The van der Waals surface area contributed by atoms with Crippen molar-refractivity contribution in [3.8, 4) is 0 Å². The smallest absolute Gasteiger partial charge is 0.265 e. The van der Waals surface area contributed by atoms with E-state index in [1.54, 1.807) is 55.6 Å². The lowest BCUT2D eigenvalue weighted by Gasteiger charge is -2.42. The summed E-state index contributed by atoms with van der Waals surface area (Å²) in [7, 11) is 0.157. The number of methoxy groups -OCH3 is 1. The first-order chi connectivity index (χ1) is 27.2. The average Bonchev–Trinajstić information content (AvgIpc) is 3.18. The van der Waals surface area contributed by atoms with Crippen LogP contribution in [-0.4, -0.2) is 75.9 Å². The monoisotopic (exact) mass is 786 g/mol. The van der Waals surface area contributed by atoms with E-state index >= 15 is 0 Å². The molecule has 6 aromatic rings. The van der Waals surface area contributed by atoms with Gasteiger partial charge in [-0.15, -0.1) is 0 Å². The standard InChI is InChI=1S/C43H38N2O6S.C3H8O2/c1-8-52(50)26-11-9-25(10-12-26)45-41(48)33-19-15-29-27-13-17-31-37-32(18-14-28(35(27)37)30-16-20-34(42(45)49)38(33)36(29)30)40(47)44(39(31)46)24(5)43(6,7)51-23(4)21-22(2)3;1-5-3-2-4/h8-20,22-24H,1,21H2,2-7H3;4H,2-3H2,1H3. The third-order valence-corrected chi connectivity index (χ3v) is 12.2. The quantitative estimate of drug-likeness (QED) is 0.0785. The minimum absolute atomic E-state index is 0.0501. The minimum atomic E-state index is -1.40. The molecule has 2 aliphatic rings. The molecule has 1 N–H and O–H groups in total. The van der Waals surface area contributed by atoms with Gasteiger partial charge in [0, 0.05) is 50.4 Å². The molecule has 0 saturated heterocycles. The number of aliphatic hydroxyl groups is 1. The summed E-state index contributed by atoms with van der Waals surface area (Å²) < 4.78 is 23.1. The van der Waals surface area contributed by atoms with E-state index in [2.05, 4.69) is 25.2 Å². The second-order valence-electron chi connectivity index (χ2n) is 15.6. The normalized spacial score (nSPS) is 15.9. The van der Waals surface area contributed by atoms with Gasteiger partial charge in [0.25, 0.3) is 23.6 Å². The molecule has 3 atom stereocenters. The molecule has 0 saturated carbocycles. The number of rotatable bonds is 11. The van der Waals surface area contributed by atoms with Crippen LogP contribution in [0.4, 0.5) is 5.69 Å². The fourth-order valence-electron chi connectivity index (χ4n) is 8.43. The van der Waals surface area contributed by atoms with Crippen LogP contribution in [0.3, 0.4) is 0 Å². The van der Waals surface area contributed by atoms with E-state index in [-0.39, 0.29) is 24.5 Å². The number of benzene rings is 6. The molecule has 294 valence electrons. The second kappa shape index (κ2) is 15.2. The van der Waals surface area contributed by atoms with Crippen LogP contribution in [0.15, 0.2) is 89.7 Å². The van der Waals surface area contributed by atoms with E-state index in [1.807, 2.05) is 52.0 Å². The Morgan fingerprint density at radius 2 is 1.14 bits per heavy atom. The van der Waals surface area contributed by atoms with Crippen LogP contribution in [0.1, 0.15) is 89.4 Å². The number of carbonyl (C=O) groups is 4. The van der Waals surface area contributed by atoms with Gasteiger partial charge in [0.15, 0.2) is 0 Å². The Balaban J connectivity index is 0.000000935. The maximum absolute atomic E-state index is 14.3. The Morgan fingerprint density at radius 3 is 1.51 bits per heavy atom. The van der Waals surface area contributed by atoms with Crippen LogP contribution in [0.2, 0.25) is 0 Å². The third-order valence-electron chi connectivity index (χ3n) is 11.1. The number of carbonyl (C=O) groups excluding carboxylic acids is 4. The van der Waals surface area contributed by atoms with Gasteiger partial charge in [0.1, 0.15) is 0 Å². The number of amides is 4. The fourth-order valence-corrected chi connectivity index (χ4v) is 9.03. The largest absolute Gasteiger partial charge is 0.394 e. The van der Waals surface area contributed by atoms with Crippen molar-refractivity contribution in [2.75, 3.05) is 25.2 Å². The van der Waals surface area contributed by atoms with Gasteiger partial charge in [0.2, 0.25) is 0 Å². The van der Waals surface area contributed by atoms with Gasteiger partial charge in [-0.05, 0) is 121 Å². The van der Waals surface area contributed by atoms with Crippen molar-refractivity contribution in [1.82, 2.24) is 4.90 Å². The van der Waals surface area contributed by atoms with Gasteiger partial charge in [-0.2, -0.15) is 0 Å². The Morgan fingerprint density at radius 1 is 0.702 bits per heavy atom. The van der Waals surface area contributed by atoms with E-state index in [0.29, 0.717) is 56.1 Å². The summed E-state index contributed by atoms with van der Waals surface area (Å²) in [6.45, 7) is 16.2. The van der Waals surface area contributed by atoms with Crippen molar-refractivity contribution < 1.29 is 38.0 Å². The van der Waals surface area contributed by atoms with Crippen LogP contribution in [0, 0.1) is 5.92 Å². The molecule has 0 aliphatic carbocycles. The lowest BCUT2D eigenvalue weighted by atomic mass is 9.81. The molecular weight excluding hydrogens is 741 g/mol. The summed E-state index contributed by atoms with van der Waals surface area (Å²) >= 11 is 0. The van der Waals surface area contributed by atoms with E-state index in [1.165, 1.54) is 10.3 Å². The number of aliphatic hydroxyl groups excluding tert-OH is 1. The van der Waals surface area contributed by atoms with Gasteiger partial charge in [-0.25, -0.2) is 9.11 Å². The predicted molar refractivity (Wildman–Crippen MR) is 225 cm³/mol. The summed E-state index contributed by atoms with van der Waals surface area (Å²) in [5.41, 5.74) is 1.27. The summed E-state index contributed by atoms with van der Waals surface area (Å²) in [5.74, 6) is -1.19. The topological polar surface area (TPSA) is 131 Å². The molecule has 4 amide bonds. The molecule has 0 fully saturated rings. The first-order valence-electron chi connectivity index (χ1n) is 19.0. The highest BCUT2D eigenvalue weighted by atomic mass is 32.2. The van der Waals surface area contributed by atoms with Crippen molar-refractivity contribution in [1.29, 1.82) is 0 Å². The zero-order valence-corrected chi connectivity index (χ0v) is 34.0. The van der Waals surface area contributed by atoms with Crippen molar-refractivity contribution in [2.45, 2.75) is 70.6 Å². The minimum Gasteiger partial charge on any atom is -0.394 e. The van der Waals surface area contributed by atoms with Crippen LogP contribution in [0.5, 0.6) is 0 Å². The molecule has 6 aromatic carbocycles. The summed E-state index contributed by atoms with van der Waals surface area (Å²) in [6.07, 6.45) is 0.809. The lowest BCUT2D eigenvalue weighted by molar-refractivity contribution is -0.102. The van der Waals surface area contributed by atoms with E-state index in [0.717, 1.165) is 43.6 Å². The zero-order chi connectivity index (χ0) is 41.1. The number of hydrogen-bond acceptors (Lipinski definition) is 8. The third kappa shape index (κ3) is 6.52. The molecule has 0 bridgehead atoms. The summed E-state index contributed by atoms with van der Waals surface area (Å²) in [4.78, 5) is 59.8. The van der Waals surface area contributed by atoms with Gasteiger partial charge >= 0.3 is 0 Å². The molecule has 2 heterocycles. The summed E-state index contributed by atoms with van der Waals surface area (Å²) in [6, 6.07) is 20.6.